The molecule has 0 aromatic heterocycles. The summed E-state index contributed by atoms with van der Waals surface area (Å²) >= 11 is 0. The van der Waals surface area contributed by atoms with Gasteiger partial charge >= 0.3 is 0 Å². The average molecular weight is 249 g/mol. The number of benzene rings is 1. The van der Waals surface area contributed by atoms with Gasteiger partial charge in [0.25, 0.3) is 5.91 Å². The highest BCUT2D eigenvalue weighted by molar-refractivity contribution is 5.96. The minimum Gasteiger partial charge on any atom is -0.496 e. The van der Waals surface area contributed by atoms with Crippen LogP contribution in [0.25, 0.3) is 0 Å². The van der Waals surface area contributed by atoms with E-state index in [1.807, 2.05) is 12.1 Å². The fourth-order valence-corrected chi connectivity index (χ4v) is 2.41. The van der Waals surface area contributed by atoms with E-state index in [-0.39, 0.29) is 5.91 Å². The Morgan fingerprint density at radius 1 is 1.33 bits per heavy atom. The predicted octanol–water partition coefficient (Wildman–Crippen LogP) is 0.104. The maximum atomic E-state index is 12.0. The van der Waals surface area contributed by atoms with Crippen LogP contribution in [0.3, 0.4) is 0 Å². The monoisotopic (exact) mass is 249 g/mol. The molecule has 0 saturated carbocycles. The number of likely N-dealkylation sites (tertiary alicyclic amines) is 1. The van der Waals surface area contributed by atoms with Crippen LogP contribution >= 0.6 is 0 Å². The third kappa shape index (κ3) is 3.23. The summed E-state index contributed by atoms with van der Waals surface area (Å²) in [6.07, 6.45) is 2.63. The van der Waals surface area contributed by atoms with E-state index >= 15 is 0 Å². The van der Waals surface area contributed by atoms with Gasteiger partial charge in [-0.2, -0.15) is 0 Å². The number of methoxy groups -OCH3 is 1. The minimum atomic E-state index is -0.0500. The van der Waals surface area contributed by atoms with Gasteiger partial charge in [-0.25, -0.2) is 0 Å². The Balaban J connectivity index is 1.83. The molecule has 0 radical (unpaired) electrons. The number of nitrogens with one attached hydrogen (secondary N) is 2. The first kappa shape index (κ1) is 12.9. The van der Waals surface area contributed by atoms with E-state index in [1.165, 1.54) is 25.9 Å². The van der Waals surface area contributed by atoms with Crippen molar-refractivity contribution in [1.29, 1.82) is 0 Å². The molecule has 1 fully saturated rings. The van der Waals surface area contributed by atoms with Crippen LogP contribution in [0.5, 0.6) is 5.75 Å². The fourth-order valence-electron chi connectivity index (χ4n) is 2.41. The maximum absolute atomic E-state index is 12.0. The zero-order chi connectivity index (χ0) is 12.8. The molecule has 1 aliphatic heterocycles. The number of amides is 1. The summed E-state index contributed by atoms with van der Waals surface area (Å²) in [7, 11) is 1.58. The van der Waals surface area contributed by atoms with Gasteiger partial charge in [0.15, 0.2) is 0 Å². The lowest BCUT2D eigenvalue weighted by Crippen LogP contribution is -3.10. The third-order valence-electron chi connectivity index (χ3n) is 3.43. The van der Waals surface area contributed by atoms with Crippen LogP contribution in [-0.4, -0.2) is 39.2 Å². The second-order valence-electron chi connectivity index (χ2n) is 4.66. The fraction of sp³-hybridized carbons (Fsp3) is 0.500. The Kier molecular flexibility index (Phi) is 4.59. The van der Waals surface area contributed by atoms with E-state index < -0.39 is 0 Å². The molecular weight excluding hydrogens is 228 g/mol. The molecule has 1 saturated heterocycles. The SMILES string of the molecule is COc1ccccc1C(=O)NCC[NH+]1CCCC1. The van der Waals surface area contributed by atoms with Crippen LogP contribution in [0.4, 0.5) is 0 Å². The minimum absolute atomic E-state index is 0.0500. The molecule has 1 aromatic rings. The molecule has 98 valence electrons. The molecule has 1 aliphatic rings. The van der Waals surface area contributed by atoms with Crippen molar-refractivity contribution in [3.05, 3.63) is 29.8 Å². The van der Waals surface area contributed by atoms with Crippen LogP contribution in [0.1, 0.15) is 23.2 Å². The van der Waals surface area contributed by atoms with Gasteiger partial charge in [0.05, 0.1) is 38.9 Å². The van der Waals surface area contributed by atoms with Gasteiger partial charge in [-0.1, -0.05) is 12.1 Å². The summed E-state index contributed by atoms with van der Waals surface area (Å²) in [6, 6.07) is 7.31. The Bertz CT molecular complexity index is 401. The Hall–Kier alpha value is -1.55. The van der Waals surface area contributed by atoms with Gasteiger partial charge < -0.3 is 15.0 Å². The molecule has 1 amide bonds. The Morgan fingerprint density at radius 3 is 2.78 bits per heavy atom. The number of rotatable bonds is 5. The third-order valence-corrected chi connectivity index (χ3v) is 3.43. The Morgan fingerprint density at radius 2 is 2.06 bits per heavy atom. The summed E-state index contributed by atoms with van der Waals surface area (Å²) < 4.78 is 5.18. The molecule has 2 N–H and O–H groups in total. The van der Waals surface area contributed by atoms with E-state index in [0.29, 0.717) is 11.3 Å². The number of carbonyl (C=O) groups is 1. The molecule has 0 bridgehead atoms. The highest BCUT2D eigenvalue weighted by Gasteiger charge is 2.16. The first-order valence-electron chi connectivity index (χ1n) is 6.56. The first-order valence-corrected chi connectivity index (χ1v) is 6.56. The topological polar surface area (TPSA) is 42.8 Å². The molecule has 18 heavy (non-hydrogen) atoms. The van der Waals surface area contributed by atoms with Gasteiger partial charge in [-0.15, -0.1) is 0 Å². The molecule has 1 heterocycles. The quantitative estimate of drug-likeness (QED) is 0.777. The van der Waals surface area contributed by atoms with E-state index in [9.17, 15) is 4.79 Å². The van der Waals surface area contributed by atoms with E-state index in [0.717, 1.165) is 13.1 Å². The summed E-state index contributed by atoms with van der Waals surface area (Å²) in [5.41, 5.74) is 0.608. The lowest BCUT2D eigenvalue weighted by molar-refractivity contribution is -0.886. The van der Waals surface area contributed by atoms with E-state index in [2.05, 4.69) is 5.32 Å². The normalized spacial score (nSPS) is 15.6. The van der Waals surface area contributed by atoms with Crippen molar-refractivity contribution in [3.63, 3.8) is 0 Å². The van der Waals surface area contributed by atoms with Crippen LogP contribution in [-0.2, 0) is 0 Å². The van der Waals surface area contributed by atoms with Crippen LogP contribution < -0.4 is 15.0 Å². The number of hydrogen-bond acceptors (Lipinski definition) is 2. The molecule has 0 unspecified atom stereocenters. The lowest BCUT2D eigenvalue weighted by atomic mass is 10.2. The number of hydrogen-bond donors (Lipinski definition) is 2. The largest absolute Gasteiger partial charge is 0.496 e. The highest BCUT2D eigenvalue weighted by Crippen LogP contribution is 2.16. The van der Waals surface area contributed by atoms with Gasteiger partial charge in [0, 0.05) is 12.8 Å². The summed E-state index contributed by atoms with van der Waals surface area (Å²) in [4.78, 5) is 13.6. The number of para-hydroxylation sites is 1. The summed E-state index contributed by atoms with van der Waals surface area (Å²) in [5, 5.41) is 2.96. The lowest BCUT2D eigenvalue weighted by Gasteiger charge is -2.13. The average Bonchev–Trinajstić information content (AvgIpc) is 2.91. The second kappa shape index (κ2) is 6.40. The summed E-state index contributed by atoms with van der Waals surface area (Å²) in [6.45, 7) is 4.22. The molecule has 4 nitrogen and oxygen atoms in total. The van der Waals surface area contributed by atoms with Gasteiger partial charge in [-0.3, -0.25) is 4.79 Å². The van der Waals surface area contributed by atoms with E-state index in [1.54, 1.807) is 24.1 Å². The second-order valence-corrected chi connectivity index (χ2v) is 4.66. The summed E-state index contributed by atoms with van der Waals surface area (Å²) in [5.74, 6) is 0.578. The van der Waals surface area contributed by atoms with Gasteiger partial charge in [0.1, 0.15) is 5.75 Å². The molecule has 0 atom stereocenters. The molecule has 0 spiro atoms. The highest BCUT2D eigenvalue weighted by atomic mass is 16.5. The number of quaternary nitrogens is 1. The van der Waals surface area contributed by atoms with Crippen molar-refractivity contribution in [2.24, 2.45) is 0 Å². The predicted molar refractivity (Wildman–Crippen MR) is 70.1 cm³/mol. The zero-order valence-corrected chi connectivity index (χ0v) is 10.9. The number of ether oxygens (including phenoxy) is 1. The van der Waals surface area contributed by atoms with Crippen LogP contribution in [0.2, 0.25) is 0 Å². The van der Waals surface area contributed by atoms with Gasteiger partial charge in [-0.05, 0) is 12.1 Å². The van der Waals surface area contributed by atoms with Crippen LogP contribution in [0, 0.1) is 0 Å². The van der Waals surface area contributed by atoms with Crippen molar-refractivity contribution < 1.29 is 14.4 Å². The van der Waals surface area contributed by atoms with Gasteiger partial charge in [0.2, 0.25) is 0 Å². The van der Waals surface area contributed by atoms with E-state index in [4.69, 9.17) is 4.74 Å². The van der Waals surface area contributed by atoms with Crippen molar-refractivity contribution in [2.45, 2.75) is 12.8 Å². The van der Waals surface area contributed by atoms with Crippen molar-refractivity contribution in [3.8, 4) is 5.75 Å². The molecule has 0 aliphatic carbocycles. The number of carbonyl (C=O) groups excluding carboxylic acids is 1. The first-order chi connectivity index (χ1) is 8.81. The zero-order valence-electron chi connectivity index (χ0n) is 10.9. The maximum Gasteiger partial charge on any atom is 0.255 e. The molecular formula is C14H21N2O2+. The smallest absolute Gasteiger partial charge is 0.255 e. The standard InChI is InChI=1S/C14H20N2O2/c1-18-13-7-3-2-6-12(13)14(17)15-8-11-16-9-4-5-10-16/h2-3,6-7H,4-5,8-11H2,1H3,(H,15,17)/p+1. The van der Waals surface area contributed by atoms with Crippen molar-refractivity contribution >= 4 is 5.91 Å². The van der Waals surface area contributed by atoms with Crippen LogP contribution in [0.15, 0.2) is 24.3 Å². The Labute approximate surface area is 108 Å². The van der Waals surface area contributed by atoms with Crippen molar-refractivity contribution in [2.75, 3.05) is 33.3 Å². The molecule has 1 aromatic carbocycles. The molecule has 2 rings (SSSR count). The van der Waals surface area contributed by atoms with Crippen molar-refractivity contribution in [1.82, 2.24) is 5.32 Å². The molecule has 4 heteroatoms.